The van der Waals surface area contributed by atoms with Gasteiger partial charge in [-0.1, -0.05) is 12.1 Å². The molecule has 4 rings (SSSR count). The summed E-state index contributed by atoms with van der Waals surface area (Å²) in [5.74, 6) is 1.63. The molecule has 0 saturated carbocycles. The highest BCUT2D eigenvalue weighted by Gasteiger charge is 2.18. The summed E-state index contributed by atoms with van der Waals surface area (Å²) < 4.78 is 43.7. The Labute approximate surface area is 173 Å². The Morgan fingerprint density at radius 2 is 1.87 bits per heavy atom. The van der Waals surface area contributed by atoms with Crippen LogP contribution in [-0.2, 0) is 23.0 Å². The summed E-state index contributed by atoms with van der Waals surface area (Å²) in [6.45, 7) is 0.616. The van der Waals surface area contributed by atoms with Crippen LogP contribution >= 0.6 is 0 Å². The molecule has 156 valence electrons. The predicted octanol–water partition coefficient (Wildman–Crippen LogP) is 2.46. The van der Waals surface area contributed by atoms with E-state index in [1.165, 1.54) is 18.2 Å². The summed E-state index contributed by atoms with van der Waals surface area (Å²) in [6, 6.07) is 14.7. The maximum absolute atomic E-state index is 12.7. The third-order valence-electron chi connectivity index (χ3n) is 4.55. The summed E-state index contributed by atoms with van der Waals surface area (Å²) >= 11 is 0. The van der Waals surface area contributed by atoms with E-state index >= 15 is 0 Å². The molecular formula is C21H20N2O6S. The van der Waals surface area contributed by atoms with E-state index in [0.717, 1.165) is 11.3 Å². The molecule has 9 heteroatoms. The molecule has 2 aromatic carbocycles. The fraction of sp³-hybridized carbons (Fsp3) is 0.190. The summed E-state index contributed by atoms with van der Waals surface area (Å²) in [4.78, 5) is 12.4. The molecule has 1 aliphatic heterocycles. The number of furan rings is 1. The van der Waals surface area contributed by atoms with Gasteiger partial charge >= 0.3 is 0 Å². The van der Waals surface area contributed by atoms with Crippen molar-refractivity contribution in [2.24, 2.45) is 0 Å². The van der Waals surface area contributed by atoms with Crippen LogP contribution in [0.1, 0.15) is 21.7 Å². The van der Waals surface area contributed by atoms with Crippen LogP contribution in [0.3, 0.4) is 0 Å². The third kappa shape index (κ3) is 4.64. The highest BCUT2D eigenvalue weighted by Crippen LogP contribution is 2.32. The number of nitrogens with one attached hydrogen (secondary N) is 2. The lowest BCUT2D eigenvalue weighted by atomic mass is 10.2. The van der Waals surface area contributed by atoms with E-state index in [4.69, 9.17) is 13.9 Å². The topological polar surface area (TPSA) is 107 Å². The van der Waals surface area contributed by atoms with Crippen molar-refractivity contribution >= 4 is 15.9 Å². The minimum absolute atomic E-state index is 0.0157. The highest BCUT2D eigenvalue weighted by molar-refractivity contribution is 7.89. The first kappa shape index (κ1) is 20.0. The smallest absolute Gasteiger partial charge is 0.251 e. The molecule has 0 radical (unpaired) electrons. The molecule has 1 aromatic heterocycles. The molecule has 0 unspecified atom stereocenters. The van der Waals surface area contributed by atoms with Crippen LogP contribution in [0.15, 0.2) is 70.2 Å². The number of carbonyl (C=O) groups is 1. The Hall–Kier alpha value is -3.30. The van der Waals surface area contributed by atoms with E-state index in [2.05, 4.69) is 10.0 Å². The zero-order valence-electron chi connectivity index (χ0n) is 16.0. The second kappa shape index (κ2) is 8.60. The molecule has 0 bridgehead atoms. The number of hydrogen-bond acceptors (Lipinski definition) is 6. The van der Waals surface area contributed by atoms with Crippen LogP contribution in [0.25, 0.3) is 0 Å². The molecule has 2 heterocycles. The van der Waals surface area contributed by atoms with Gasteiger partial charge < -0.3 is 19.2 Å². The van der Waals surface area contributed by atoms with Gasteiger partial charge in [0.05, 0.1) is 11.2 Å². The van der Waals surface area contributed by atoms with Gasteiger partial charge in [0.1, 0.15) is 5.76 Å². The van der Waals surface area contributed by atoms with Gasteiger partial charge in [0, 0.05) is 25.1 Å². The predicted molar refractivity (Wildman–Crippen MR) is 108 cm³/mol. The van der Waals surface area contributed by atoms with Crippen molar-refractivity contribution in [1.29, 1.82) is 0 Å². The second-order valence-corrected chi connectivity index (χ2v) is 8.39. The maximum atomic E-state index is 12.7. The van der Waals surface area contributed by atoms with E-state index in [9.17, 15) is 13.2 Å². The molecule has 30 heavy (non-hydrogen) atoms. The van der Waals surface area contributed by atoms with Gasteiger partial charge in [-0.25, -0.2) is 13.1 Å². The lowest BCUT2D eigenvalue weighted by Gasteiger charge is -2.09. The largest absolute Gasteiger partial charge is 0.469 e. The first-order chi connectivity index (χ1) is 14.5. The van der Waals surface area contributed by atoms with Crippen LogP contribution < -0.4 is 19.5 Å². The van der Waals surface area contributed by atoms with Gasteiger partial charge in [0.15, 0.2) is 11.5 Å². The maximum Gasteiger partial charge on any atom is 0.251 e. The van der Waals surface area contributed by atoms with Gasteiger partial charge in [-0.3, -0.25) is 4.79 Å². The molecular weight excluding hydrogens is 408 g/mol. The Bertz CT molecular complexity index is 1140. The van der Waals surface area contributed by atoms with Crippen LogP contribution in [0.5, 0.6) is 11.5 Å². The SMILES string of the molecule is O=C(NCCc1ccco1)c1cccc(S(=O)(=O)NCc2ccc3c(c2)OCO3)c1. The number of benzene rings is 2. The molecule has 3 aromatic rings. The third-order valence-corrected chi connectivity index (χ3v) is 5.95. The average molecular weight is 428 g/mol. The van der Waals surface area contributed by atoms with E-state index in [-0.39, 0.29) is 29.7 Å². The molecule has 8 nitrogen and oxygen atoms in total. The number of carbonyl (C=O) groups excluding carboxylic acids is 1. The number of fused-ring (bicyclic) bond motifs is 1. The summed E-state index contributed by atoms with van der Waals surface area (Å²) in [5.41, 5.74) is 0.995. The molecule has 0 fully saturated rings. The Kier molecular flexibility index (Phi) is 5.73. The van der Waals surface area contributed by atoms with Gasteiger partial charge in [0.2, 0.25) is 16.8 Å². The minimum atomic E-state index is -3.80. The standard InChI is InChI=1S/C21H20N2O6S/c24-21(22-9-8-17-4-2-10-27-17)16-3-1-5-18(12-16)30(25,26)23-13-15-6-7-19-20(11-15)29-14-28-19/h1-7,10-12,23H,8-9,13-14H2,(H,22,24). The fourth-order valence-electron chi connectivity index (χ4n) is 2.97. The quantitative estimate of drug-likeness (QED) is 0.571. The van der Waals surface area contributed by atoms with Crippen molar-refractivity contribution in [2.75, 3.05) is 13.3 Å². The fourth-order valence-corrected chi connectivity index (χ4v) is 4.04. The monoisotopic (exact) mass is 428 g/mol. The number of sulfonamides is 1. The van der Waals surface area contributed by atoms with Crippen LogP contribution in [0.4, 0.5) is 0 Å². The normalized spacial score (nSPS) is 12.7. The average Bonchev–Trinajstić information content (AvgIpc) is 3.44. The van der Waals surface area contributed by atoms with Crippen molar-refractivity contribution in [1.82, 2.24) is 10.0 Å². The summed E-state index contributed by atoms with van der Waals surface area (Å²) in [5, 5.41) is 2.76. The number of rotatable bonds is 8. The van der Waals surface area contributed by atoms with Gasteiger partial charge in [-0.2, -0.15) is 0 Å². The first-order valence-corrected chi connectivity index (χ1v) is 10.8. The van der Waals surface area contributed by atoms with E-state index in [1.807, 2.05) is 6.07 Å². The van der Waals surface area contributed by atoms with Crippen LogP contribution in [-0.4, -0.2) is 27.7 Å². The zero-order chi connectivity index (χ0) is 21.0. The number of amides is 1. The lowest BCUT2D eigenvalue weighted by molar-refractivity contribution is 0.0953. The molecule has 0 saturated heterocycles. The van der Waals surface area contributed by atoms with E-state index in [1.54, 1.807) is 36.6 Å². The molecule has 0 atom stereocenters. The molecule has 1 amide bonds. The van der Waals surface area contributed by atoms with E-state index in [0.29, 0.717) is 24.5 Å². The second-order valence-electron chi connectivity index (χ2n) is 6.63. The Morgan fingerprint density at radius 1 is 1.00 bits per heavy atom. The van der Waals surface area contributed by atoms with Crippen molar-refractivity contribution < 1.29 is 27.1 Å². The van der Waals surface area contributed by atoms with Crippen LogP contribution in [0.2, 0.25) is 0 Å². The van der Waals surface area contributed by atoms with Crippen molar-refractivity contribution in [2.45, 2.75) is 17.9 Å². The Balaban J connectivity index is 1.38. The lowest BCUT2D eigenvalue weighted by Crippen LogP contribution is -2.27. The molecule has 0 spiro atoms. The van der Waals surface area contributed by atoms with Crippen molar-refractivity contribution in [3.63, 3.8) is 0 Å². The molecule has 2 N–H and O–H groups in total. The van der Waals surface area contributed by atoms with Crippen molar-refractivity contribution in [3.05, 3.63) is 77.7 Å². The van der Waals surface area contributed by atoms with E-state index < -0.39 is 10.0 Å². The Morgan fingerprint density at radius 3 is 2.70 bits per heavy atom. The summed E-state index contributed by atoms with van der Waals surface area (Å²) in [7, 11) is -3.80. The van der Waals surface area contributed by atoms with Crippen LogP contribution in [0, 0.1) is 0 Å². The molecule has 1 aliphatic rings. The first-order valence-electron chi connectivity index (χ1n) is 9.30. The number of ether oxygens (including phenoxy) is 2. The highest BCUT2D eigenvalue weighted by atomic mass is 32.2. The number of hydrogen-bond donors (Lipinski definition) is 2. The minimum Gasteiger partial charge on any atom is -0.469 e. The van der Waals surface area contributed by atoms with Crippen molar-refractivity contribution in [3.8, 4) is 11.5 Å². The van der Waals surface area contributed by atoms with Gasteiger partial charge in [-0.05, 0) is 48.0 Å². The summed E-state index contributed by atoms with van der Waals surface area (Å²) in [6.07, 6.45) is 2.12. The van der Waals surface area contributed by atoms with Gasteiger partial charge in [-0.15, -0.1) is 0 Å². The molecule has 0 aliphatic carbocycles. The zero-order valence-corrected chi connectivity index (χ0v) is 16.8. The van der Waals surface area contributed by atoms with Gasteiger partial charge in [0.25, 0.3) is 5.91 Å².